The molecule has 2 rings (SSSR count). The van der Waals surface area contributed by atoms with Crippen molar-refractivity contribution >= 4 is 15.9 Å². The third kappa shape index (κ3) is 4.44. The monoisotopic (exact) mass is 322 g/mol. The summed E-state index contributed by atoms with van der Waals surface area (Å²) in [7, 11) is 0. The number of benzene rings is 2. The minimum absolute atomic E-state index is 0.100. The highest BCUT2D eigenvalue weighted by Gasteiger charge is 2.11. The zero-order valence-corrected chi connectivity index (χ0v) is 12.1. The summed E-state index contributed by atoms with van der Waals surface area (Å²) in [6.45, 7) is 0.100. The maximum absolute atomic E-state index is 13.3. The molecule has 2 aromatic carbocycles. The van der Waals surface area contributed by atoms with Crippen LogP contribution in [0.4, 0.5) is 4.39 Å². The molecule has 0 aromatic heterocycles. The van der Waals surface area contributed by atoms with Crippen molar-refractivity contribution in [1.29, 1.82) is 0 Å². The Morgan fingerprint density at radius 1 is 1.00 bits per heavy atom. The topological polar surface area (TPSA) is 20.2 Å². The smallest absolute Gasteiger partial charge is 0.124 e. The lowest BCUT2D eigenvalue weighted by molar-refractivity contribution is 0.225. The first kappa shape index (κ1) is 14.2. The lowest BCUT2D eigenvalue weighted by atomic mass is 9.93. The number of rotatable bonds is 5. The average molecular weight is 323 g/mol. The Morgan fingerprint density at radius 3 is 2.32 bits per heavy atom. The van der Waals surface area contributed by atoms with Crippen molar-refractivity contribution in [3.63, 3.8) is 0 Å². The van der Waals surface area contributed by atoms with E-state index >= 15 is 0 Å². The summed E-state index contributed by atoms with van der Waals surface area (Å²) in [6, 6.07) is 14.9. The summed E-state index contributed by atoms with van der Waals surface area (Å²) in [5.41, 5.74) is 2.10. The molecule has 0 spiro atoms. The fraction of sp³-hybridized carbons (Fsp3) is 0.250. The highest BCUT2D eigenvalue weighted by atomic mass is 79.9. The number of hydrogen-bond donors (Lipinski definition) is 1. The quantitative estimate of drug-likeness (QED) is 0.882. The number of aliphatic hydroxyl groups excluding tert-OH is 1. The van der Waals surface area contributed by atoms with Gasteiger partial charge in [0.05, 0.1) is 0 Å². The van der Waals surface area contributed by atoms with Gasteiger partial charge in [0.25, 0.3) is 0 Å². The van der Waals surface area contributed by atoms with Crippen LogP contribution in [-0.2, 0) is 12.8 Å². The lowest BCUT2D eigenvalue weighted by Gasteiger charge is -2.14. The maximum Gasteiger partial charge on any atom is 0.124 e. The second-order valence-corrected chi connectivity index (χ2v) is 5.64. The van der Waals surface area contributed by atoms with E-state index in [4.69, 9.17) is 0 Å². The summed E-state index contributed by atoms with van der Waals surface area (Å²) in [5.74, 6) is -0.142. The number of aliphatic hydroxyl groups is 1. The molecule has 0 aliphatic carbocycles. The van der Waals surface area contributed by atoms with Crippen LogP contribution in [0.5, 0.6) is 0 Å². The summed E-state index contributed by atoms with van der Waals surface area (Å²) in [6.07, 6.45) is 1.47. The second-order valence-electron chi connectivity index (χ2n) is 4.72. The van der Waals surface area contributed by atoms with Gasteiger partial charge in [-0.15, -0.1) is 0 Å². The van der Waals surface area contributed by atoms with Crippen LogP contribution in [-0.4, -0.2) is 11.7 Å². The van der Waals surface area contributed by atoms with Crippen molar-refractivity contribution < 1.29 is 9.50 Å². The normalized spacial score (nSPS) is 12.4. The van der Waals surface area contributed by atoms with E-state index in [1.807, 2.05) is 36.4 Å². The Balaban J connectivity index is 2.06. The minimum atomic E-state index is -0.249. The molecule has 0 aliphatic rings. The van der Waals surface area contributed by atoms with E-state index in [2.05, 4.69) is 15.9 Å². The van der Waals surface area contributed by atoms with Gasteiger partial charge in [-0.25, -0.2) is 4.39 Å². The Bertz CT molecular complexity index is 507. The van der Waals surface area contributed by atoms with Crippen LogP contribution in [0.2, 0.25) is 0 Å². The molecule has 1 N–H and O–H groups in total. The molecular weight excluding hydrogens is 307 g/mol. The Labute approximate surface area is 121 Å². The zero-order chi connectivity index (χ0) is 13.7. The third-order valence-electron chi connectivity index (χ3n) is 3.07. The van der Waals surface area contributed by atoms with E-state index in [0.29, 0.717) is 6.42 Å². The first-order valence-electron chi connectivity index (χ1n) is 6.27. The molecule has 0 fully saturated rings. The molecule has 1 nitrogen and oxygen atoms in total. The summed E-state index contributed by atoms with van der Waals surface area (Å²) < 4.78 is 14.1. The molecule has 0 saturated heterocycles. The van der Waals surface area contributed by atoms with Gasteiger partial charge in [0.2, 0.25) is 0 Å². The molecule has 0 aliphatic heterocycles. The van der Waals surface area contributed by atoms with E-state index in [-0.39, 0.29) is 18.3 Å². The lowest BCUT2D eigenvalue weighted by Crippen LogP contribution is -2.13. The van der Waals surface area contributed by atoms with E-state index in [0.717, 1.165) is 16.5 Å². The van der Waals surface area contributed by atoms with Crippen molar-refractivity contribution in [2.45, 2.75) is 12.8 Å². The van der Waals surface area contributed by atoms with Crippen LogP contribution in [0, 0.1) is 11.7 Å². The fourth-order valence-electron chi connectivity index (χ4n) is 2.21. The van der Waals surface area contributed by atoms with Crippen molar-refractivity contribution in [3.8, 4) is 0 Å². The summed E-state index contributed by atoms with van der Waals surface area (Å²) in [5, 5.41) is 9.48. The number of halogens is 2. The Morgan fingerprint density at radius 2 is 1.68 bits per heavy atom. The first-order chi connectivity index (χ1) is 9.17. The van der Waals surface area contributed by atoms with Crippen LogP contribution in [0.3, 0.4) is 0 Å². The van der Waals surface area contributed by atoms with E-state index in [9.17, 15) is 9.50 Å². The minimum Gasteiger partial charge on any atom is -0.396 e. The summed E-state index contributed by atoms with van der Waals surface area (Å²) >= 11 is 3.29. The summed E-state index contributed by atoms with van der Waals surface area (Å²) in [4.78, 5) is 0. The molecule has 1 atom stereocenters. The van der Waals surface area contributed by atoms with Crippen LogP contribution in [0.15, 0.2) is 53.0 Å². The molecule has 2 aromatic rings. The predicted molar refractivity (Wildman–Crippen MR) is 78.5 cm³/mol. The van der Waals surface area contributed by atoms with Crippen molar-refractivity contribution in [2.24, 2.45) is 5.92 Å². The SMILES string of the molecule is OCC(Cc1ccccc1)Cc1cc(F)cc(Br)c1. The van der Waals surface area contributed by atoms with Crippen LogP contribution >= 0.6 is 15.9 Å². The fourth-order valence-corrected chi connectivity index (χ4v) is 2.72. The van der Waals surface area contributed by atoms with E-state index in [1.54, 1.807) is 0 Å². The van der Waals surface area contributed by atoms with Crippen molar-refractivity contribution in [2.75, 3.05) is 6.61 Å². The first-order valence-corrected chi connectivity index (χ1v) is 7.06. The highest BCUT2D eigenvalue weighted by molar-refractivity contribution is 9.10. The average Bonchev–Trinajstić information content (AvgIpc) is 2.38. The van der Waals surface area contributed by atoms with Crippen molar-refractivity contribution in [3.05, 3.63) is 69.9 Å². The second kappa shape index (κ2) is 6.83. The largest absolute Gasteiger partial charge is 0.396 e. The standard InChI is InChI=1S/C16H16BrFO/c17-15-8-13(9-16(18)10-15)7-14(11-19)6-12-4-2-1-3-5-12/h1-5,8-10,14,19H,6-7,11H2. The van der Waals surface area contributed by atoms with Gasteiger partial charge in [-0.05, 0) is 48.1 Å². The molecule has 0 heterocycles. The molecular formula is C16H16BrFO. The molecule has 1 unspecified atom stereocenters. The number of hydrogen-bond acceptors (Lipinski definition) is 1. The van der Waals surface area contributed by atoms with Crippen molar-refractivity contribution in [1.82, 2.24) is 0 Å². The predicted octanol–water partition coefficient (Wildman–Crippen LogP) is 3.98. The third-order valence-corrected chi connectivity index (χ3v) is 3.53. The van der Waals surface area contributed by atoms with Gasteiger partial charge < -0.3 is 5.11 Å². The van der Waals surface area contributed by atoms with Gasteiger partial charge in [-0.2, -0.15) is 0 Å². The molecule has 3 heteroatoms. The molecule has 19 heavy (non-hydrogen) atoms. The van der Waals surface area contributed by atoms with Crippen LogP contribution in [0.25, 0.3) is 0 Å². The van der Waals surface area contributed by atoms with Crippen LogP contribution in [0.1, 0.15) is 11.1 Å². The van der Waals surface area contributed by atoms with Gasteiger partial charge >= 0.3 is 0 Å². The van der Waals surface area contributed by atoms with Gasteiger partial charge in [-0.3, -0.25) is 0 Å². The van der Waals surface area contributed by atoms with E-state index < -0.39 is 0 Å². The van der Waals surface area contributed by atoms with Gasteiger partial charge in [-0.1, -0.05) is 46.3 Å². The molecule has 0 amide bonds. The Hall–Kier alpha value is -1.19. The van der Waals surface area contributed by atoms with Gasteiger partial charge in [0, 0.05) is 11.1 Å². The zero-order valence-electron chi connectivity index (χ0n) is 10.5. The molecule has 0 saturated carbocycles. The highest BCUT2D eigenvalue weighted by Crippen LogP contribution is 2.19. The molecule has 0 bridgehead atoms. The molecule has 100 valence electrons. The maximum atomic E-state index is 13.3. The molecule has 0 radical (unpaired) electrons. The van der Waals surface area contributed by atoms with Crippen LogP contribution < -0.4 is 0 Å². The Kier molecular flexibility index (Phi) is 5.11. The van der Waals surface area contributed by atoms with Gasteiger partial charge in [0.1, 0.15) is 5.82 Å². The van der Waals surface area contributed by atoms with E-state index in [1.165, 1.54) is 17.7 Å². The van der Waals surface area contributed by atoms with Gasteiger partial charge in [0.15, 0.2) is 0 Å².